The quantitative estimate of drug-likeness (QED) is 0.558. The Labute approximate surface area is 96.4 Å². The van der Waals surface area contributed by atoms with Gasteiger partial charge in [-0.05, 0) is 20.8 Å². The first-order chi connectivity index (χ1) is 7.49. The Morgan fingerprint density at radius 3 is 2.75 bits per heavy atom. The average Bonchev–Trinajstić information content (AvgIpc) is 2.24. The number of morpholine rings is 1. The zero-order chi connectivity index (χ0) is 12.0. The Morgan fingerprint density at radius 1 is 1.44 bits per heavy atom. The van der Waals surface area contributed by atoms with E-state index in [0.717, 1.165) is 6.54 Å². The number of ether oxygens (including phenoxy) is 3. The van der Waals surface area contributed by atoms with Crippen LogP contribution in [0.25, 0.3) is 0 Å². The van der Waals surface area contributed by atoms with Gasteiger partial charge >= 0.3 is 5.97 Å². The highest BCUT2D eigenvalue weighted by Crippen LogP contribution is 2.06. The summed E-state index contributed by atoms with van der Waals surface area (Å²) in [5.74, 6) is -0.315. The molecule has 1 atom stereocenters. The number of carbonyl (C=O) groups is 1. The molecule has 94 valence electrons. The molecule has 0 aromatic heterocycles. The van der Waals surface area contributed by atoms with Crippen LogP contribution in [0.15, 0.2) is 0 Å². The fraction of sp³-hybridized carbons (Fsp3) is 0.909. The summed E-state index contributed by atoms with van der Waals surface area (Å²) in [5, 5.41) is 3.07. The molecule has 1 fully saturated rings. The Balaban J connectivity index is 2.10. The van der Waals surface area contributed by atoms with Crippen LogP contribution >= 0.6 is 0 Å². The van der Waals surface area contributed by atoms with E-state index in [1.807, 2.05) is 20.8 Å². The summed E-state index contributed by atoms with van der Waals surface area (Å²) in [4.78, 5) is 11.5. The van der Waals surface area contributed by atoms with Crippen LogP contribution in [0.3, 0.4) is 0 Å². The van der Waals surface area contributed by atoms with Crippen LogP contribution in [0.2, 0.25) is 0 Å². The van der Waals surface area contributed by atoms with Gasteiger partial charge in [-0.25, -0.2) is 4.79 Å². The lowest BCUT2D eigenvalue weighted by Crippen LogP contribution is -2.44. The SMILES string of the molecule is CC(C)(C)OCCOC(=O)C1CNCCO1. The van der Waals surface area contributed by atoms with E-state index in [0.29, 0.717) is 19.8 Å². The Kier molecular flexibility index (Phi) is 5.18. The molecule has 1 saturated heterocycles. The van der Waals surface area contributed by atoms with Crippen molar-refractivity contribution in [2.75, 3.05) is 32.9 Å². The van der Waals surface area contributed by atoms with Crippen molar-refractivity contribution < 1.29 is 19.0 Å². The zero-order valence-corrected chi connectivity index (χ0v) is 10.2. The summed E-state index contributed by atoms with van der Waals surface area (Å²) in [6, 6.07) is 0. The highest BCUT2D eigenvalue weighted by molar-refractivity contribution is 5.75. The van der Waals surface area contributed by atoms with Crippen LogP contribution in [0.1, 0.15) is 20.8 Å². The second kappa shape index (κ2) is 6.18. The standard InChI is InChI=1S/C11H21NO4/c1-11(2,3)16-7-6-15-10(13)9-8-12-4-5-14-9/h9,12H,4-8H2,1-3H3. The minimum Gasteiger partial charge on any atom is -0.461 e. The molecular formula is C11H21NO4. The van der Waals surface area contributed by atoms with Gasteiger partial charge in [-0.3, -0.25) is 0 Å². The highest BCUT2D eigenvalue weighted by atomic mass is 16.6. The molecule has 1 aliphatic heterocycles. The molecule has 16 heavy (non-hydrogen) atoms. The van der Waals surface area contributed by atoms with E-state index in [9.17, 15) is 4.79 Å². The van der Waals surface area contributed by atoms with Crippen molar-refractivity contribution in [3.8, 4) is 0 Å². The lowest BCUT2D eigenvalue weighted by molar-refractivity contribution is -0.161. The predicted molar refractivity (Wildman–Crippen MR) is 59.3 cm³/mol. The molecule has 5 heteroatoms. The first-order valence-corrected chi connectivity index (χ1v) is 5.62. The molecule has 0 bridgehead atoms. The third-order valence-corrected chi connectivity index (χ3v) is 2.05. The van der Waals surface area contributed by atoms with Gasteiger partial charge in [0.25, 0.3) is 0 Å². The fourth-order valence-corrected chi connectivity index (χ4v) is 1.30. The van der Waals surface area contributed by atoms with E-state index in [1.165, 1.54) is 0 Å². The zero-order valence-electron chi connectivity index (χ0n) is 10.2. The molecule has 5 nitrogen and oxygen atoms in total. The number of hydrogen-bond acceptors (Lipinski definition) is 5. The van der Waals surface area contributed by atoms with Crippen molar-refractivity contribution in [2.24, 2.45) is 0 Å². The third-order valence-electron chi connectivity index (χ3n) is 2.05. The molecule has 0 aromatic carbocycles. The molecule has 0 amide bonds. The Bertz CT molecular complexity index is 219. The van der Waals surface area contributed by atoms with Crippen molar-refractivity contribution in [3.05, 3.63) is 0 Å². The number of esters is 1. The average molecular weight is 231 g/mol. The lowest BCUT2D eigenvalue weighted by Gasteiger charge is -2.23. The van der Waals surface area contributed by atoms with Gasteiger partial charge in [0, 0.05) is 13.1 Å². The maximum absolute atomic E-state index is 11.5. The van der Waals surface area contributed by atoms with Gasteiger partial charge in [0.15, 0.2) is 6.10 Å². The minimum absolute atomic E-state index is 0.199. The number of rotatable bonds is 4. The maximum Gasteiger partial charge on any atom is 0.336 e. The predicted octanol–water partition coefficient (Wildman–Crippen LogP) is 0.333. The Hall–Kier alpha value is -0.650. The van der Waals surface area contributed by atoms with Crippen molar-refractivity contribution in [1.29, 1.82) is 0 Å². The summed E-state index contributed by atoms with van der Waals surface area (Å²) >= 11 is 0. The van der Waals surface area contributed by atoms with Gasteiger partial charge in [-0.1, -0.05) is 0 Å². The fourth-order valence-electron chi connectivity index (χ4n) is 1.30. The first-order valence-electron chi connectivity index (χ1n) is 5.62. The molecule has 0 aliphatic carbocycles. The number of nitrogens with one attached hydrogen (secondary N) is 1. The molecule has 1 unspecified atom stereocenters. The smallest absolute Gasteiger partial charge is 0.336 e. The molecule has 0 saturated carbocycles. The summed E-state index contributed by atoms with van der Waals surface area (Å²) in [6.45, 7) is 8.44. The van der Waals surface area contributed by atoms with E-state index in [-0.39, 0.29) is 18.2 Å². The van der Waals surface area contributed by atoms with Crippen LogP contribution in [0.5, 0.6) is 0 Å². The normalized spacial score (nSPS) is 21.8. The minimum atomic E-state index is -0.469. The van der Waals surface area contributed by atoms with Crippen LogP contribution in [-0.2, 0) is 19.0 Å². The van der Waals surface area contributed by atoms with E-state index < -0.39 is 6.10 Å². The summed E-state index contributed by atoms with van der Waals surface area (Å²) in [6.07, 6.45) is -0.469. The molecule has 0 spiro atoms. The van der Waals surface area contributed by atoms with Crippen LogP contribution in [0, 0.1) is 0 Å². The molecule has 1 heterocycles. The van der Waals surface area contributed by atoms with Gasteiger partial charge in [-0.2, -0.15) is 0 Å². The molecular weight excluding hydrogens is 210 g/mol. The van der Waals surface area contributed by atoms with Crippen molar-refractivity contribution in [1.82, 2.24) is 5.32 Å². The molecule has 0 radical (unpaired) electrons. The Morgan fingerprint density at radius 2 is 2.19 bits per heavy atom. The maximum atomic E-state index is 11.5. The third kappa shape index (κ3) is 5.44. The summed E-state index contributed by atoms with van der Waals surface area (Å²) in [7, 11) is 0. The van der Waals surface area contributed by atoms with Crippen molar-refractivity contribution >= 4 is 5.97 Å². The van der Waals surface area contributed by atoms with Gasteiger partial charge in [0.1, 0.15) is 6.61 Å². The van der Waals surface area contributed by atoms with E-state index >= 15 is 0 Å². The van der Waals surface area contributed by atoms with Gasteiger partial charge in [-0.15, -0.1) is 0 Å². The van der Waals surface area contributed by atoms with E-state index in [4.69, 9.17) is 14.2 Å². The van der Waals surface area contributed by atoms with Crippen LogP contribution in [0.4, 0.5) is 0 Å². The van der Waals surface area contributed by atoms with E-state index in [2.05, 4.69) is 5.32 Å². The second-order valence-electron chi connectivity index (χ2n) is 4.69. The molecule has 1 aliphatic rings. The van der Waals surface area contributed by atoms with Crippen molar-refractivity contribution in [2.45, 2.75) is 32.5 Å². The molecule has 1 N–H and O–H groups in total. The van der Waals surface area contributed by atoms with E-state index in [1.54, 1.807) is 0 Å². The number of carbonyl (C=O) groups excluding carboxylic acids is 1. The summed E-state index contributed by atoms with van der Waals surface area (Å²) in [5.41, 5.74) is -0.199. The topological polar surface area (TPSA) is 56.8 Å². The highest BCUT2D eigenvalue weighted by Gasteiger charge is 2.23. The van der Waals surface area contributed by atoms with Crippen LogP contribution < -0.4 is 5.32 Å². The first kappa shape index (κ1) is 13.4. The van der Waals surface area contributed by atoms with Gasteiger partial charge in [0.05, 0.1) is 18.8 Å². The molecule has 0 aromatic rings. The monoisotopic (exact) mass is 231 g/mol. The molecule has 1 rings (SSSR count). The largest absolute Gasteiger partial charge is 0.461 e. The van der Waals surface area contributed by atoms with Crippen molar-refractivity contribution in [3.63, 3.8) is 0 Å². The van der Waals surface area contributed by atoms with Crippen LogP contribution in [-0.4, -0.2) is 50.6 Å². The lowest BCUT2D eigenvalue weighted by atomic mass is 10.2. The number of hydrogen-bond donors (Lipinski definition) is 1. The summed E-state index contributed by atoms with van der Waals surface area (Å²) < 4.78 is 15.7. The van der Waals surface area contributed by atoms with Gasteiger partial charge < -0.3 is 19.5 Å². The second-order valence-corrected chi connectivity index (χ2v) is 4.69. The van der Waals surface area contributed by atoms with Gasteiger partial charge in [0.2, 0.25) is 0 Å².